The minimum atomic E-state index is -3.03. The maximum Gasteiger partial charge on any atom is 0.286 e. The summed E-state index contributed by atoms with van der Waals surface area (Å²) in [7, 11) is 0. The minimum Gasteiger partial charge on any atom is -0.503 e. The van der Waals surface area contributed by atoms with Gasteiger partial charge in [-0.2, -0.15) is 8.78 Å². The Morgan fingerprint density at radius 3 is 2.38 bits per heavy atom. The first kappa shape index (κ1) is 21.3. The van der Waals surface area contributed by atoms with Gasteiger partial charge in [-0.1, -0.05) is 29.3 Å². The number of carbonyl (C=O) groups is 1. The first-order valence-electron chi connectivity index (χ1n) is 8.73. The number of phenolic OH excluding ortho intramolecular Hbond substituents is 2. The molecule has 1 aromatic carbocycles. The Bertz CT molecular complexity index is 1000. The molecule has 0 fully saturated rings. The van der Waals surface area contributed by atoms with Gasteiger partial charge < -0.3 is 15.1 Å². The smallest absolute Gasteiger partial charge is 0.286 e. The highest BCUT2D eigenvalue weighted by Gasteiger charge is 2.28. The van der Waals surface area contributed by atoms with E-state index in [2.05, 4.69) is 4.98 Å². The number of pyridine rings is 1. The van der Waals surface area contributed by atoms with Crippen LogP contribution in [0.2, 0.25) is 10.0 Å². The number of hydrogen-bond donors (Lipinski definition) is 2. The van der Waals surface area contributed by atoms with Crippen LogP contribution in [0.5, 0.6) is 11.5 Å². The van der Waals surface area contributed by atoms with Gasteiger partial charge in [0.05, 0.1) is 10.0 Å². The van der Waals surface area contributed by atoms with Crippen LogP contribution in [0.3, 0.4) is 0 Å². The summed E-state index contributed by atoms with van der Waals surface area (Å²) >= 11 is 12.2. The van der Waals surface area contributed by atoms with E-state index in [-0.39, 0.29) is 28.2 Å². The average Bonchev–Trinajstić information content (AvgIpc) is 2.69. The van der Waals surface area contributed by atoms with Crippen molar-refractivity contribution in [3.63, 3.8) is 0 Å². The summed E-state index contributed by atoms with van der Waals surface area (Å²) in [5.41, 5.74) is 1.85. The third-order valence-corrected chi connectivity index (χ3v) is 5.65. The molecule has 2 N–H and O–H groups in total. The Balaban J connectivity index is 1.82. The Kier molecular flexibility index (Phi) is 5.74. The number of carbonyl (C=O) groups excluding carboxylic acids is 1. The Morgan fingerprint density at radius 2 is 1.83 bits per heavy atom. The molecule has 9 heteroatoms. The van der Waals surface area contributed by atoms with Crippen molar-refractivity contribution in [2.75, 3.05) is 6.54 Å². The van der Waals surface area contributed by atoms with Crippen molar-refractivity contribution in [1.82, 2.24) is 9.88 Å². The highest BCUT2D eigenvalue weighted by atomic mass is 35.5. The summed E-state index contributed by atoms with van der Waals surface area (Å²) in [5, 5.41) is 19.7. The van der Waals surface area contributed by atoms with Gasteiger partial charge >= 0.3 is 0 Å². The second kappa shape index (κ2) is 7.80. The van der Waals surface area contributed by atoms with Crippen molar-refractivity contribution >= 4 is 34.7 Å². The molecule has 0 bridgehead atoms. The zero-order chi connectivity index (χ0) is 21.5. The number of nitrogens with zero attached hydrogens (tertiary/aromatic N) is 2. The second-order valence-corrected chi connectivity index (χ2v) is 7.70. The summed E-state index contributed by atoms with van der Waals surface area (Å²) in [6, 6.07) is 2.72. The number of amides is 1. The quantitative estimate of drug-likeness (QED) is 0.523. The lowest BCUT2D eigenvalue weighted by molar-refractivity contribution is -0.126. The van der Waals surface area contributed by atoms with E-state index >= 15 is 0 Å². The van der Waals surface area contributed by atoms with Crippen LogP contribution in [-0.4, -0.2) is 32.5 Å². The van der Waals surface area contributed by atoms with Crippen molar-refractivity contribution in [2.45, 2.75) is 32.7 Å². The van der Waals surface area contributed by atoms with Crippen LogP contribution in [0.15, 0.2) is 24.4 Å². The number of phenols is 2. The number of hydrogen-bond acceptors (Lipinski definition) is 4. The maximum absolute atomic E-state index is 13.3. The predicted octanol–water partition coefficient (Wildman–Crippen LogP) is 4.90. The van der Waals surface area contributed by atoms with E-state index in [9.17, 15) is 23.8 Å². The van der Waals surface area contributed by atoms with E-state index in [1.807, 2.05) is 0 Å². The third kappa shape index (κ3) is 4.16. The molecular weight excluding hydrogens is 425 g/mol. The Morgan fingerprint density at radius 1 is 1.21 bits per heavy atom. The zero-order valence-corrected chi connectivity index (χ0v) is 17.2. The fraction of sp³-hybridized carbons (Fsp3) is 0.300. The molecule has 5 nitrogen and oxygen atoms in total. The van der Waals surface area contributed by atoms with Gasteiger partial charge in [-0.05, 0) is 41.7 Å². The highest BCUT2D eigenvalue weighted by Crippen LogP contribution is 2.46. The van der Waals surface area contributed by atoms with Gasteiger partial charge in [-0.3, -0.25) is 9.78 Å². The van der Waals surface area contributed by atoms with Gasteiger partial charge in [0.2, 0.25) is 5.91 Å². The predicted molar refractivity (Wildman–Crippen MR) is 106 cm³/mol. The number of rotatable bonds is 3. The lowest BCUT2D eigenvalue weighted by atomic mass is 9.98. The fourth-order valence-corrected chi connectivity index (χ4v) is 3.70. The summed E-state index contributed by atoms with van der Waals surface area (Å²) < 4.78 is 26.6. The number of fused-ring (bicyclic) bond motifs is 1. The standard InChI is InChI=1S/C20H18Cl2F2N2O3/c1-10(11-3-4-14(25-8-11)20(2,23)24)7-15(27)26-6-5-12-13(9-26)17(22)19(29)18(28)16(12)21/h3-4,7-8,28-29H,5-6,9H2,1-2H3/b10-7+. The molecule has 0 spiro atoms. The lowest BCUT2D eigenvalue weighted by Crippen LogP contribution is -2.35. The molecule has 0 atom stereocenters. The topological polar surface area (TPSA) is 73.7 Å². The van der Waals surface area contributed by atoms with Crippen molar-refractivity contribution in [3.05, 3.63) is 56.8 Å². The van der Waals surface area contributed by atoms with Crippen LogP contribution < -0.4 is 0 Å². The van der Waals surface area contributed by atoms with Crippen LogP contribution in [0.4, 0.5) is 8.78 Å². The summed E-state index contributed by atoms with van der Waals surface area (Å²) in [6.07, 6.45) is 3.05. The SMILES string of the molecule is C/C(=C\C(=O)N1CCc2c(Cl)c(O)c(O)c(Cl)c2C1)c1ccc(C(C)(F)F)nc1. The summed E-state index contributed by atoms with van der Waals surface area (Å²) in [4.78, 5) is 18.0. The van der Waals surface area contributed by atoms with Crippen LogP contribution in [0, 0.1) is 0 Å². The molecule has 154 valence electrons. The van der Waals surface area contributed by atoms with E-state index in [1.54, 1.807) is 6.92 Å². The van der Waals surface area contributed by atoms with Crippen molar-refractivity contribution in [1.29, 1.82) is 0 Å². The van der Waals surface area contributed by atoms with E-state index in [1.165, 1.54) is 29.3 Å². The highest BCUT2D eigenvalue weighted by molar-refractivity contribution is 6.36. The maximum atomic E-state index is 13.3. The van der Waals surface area contributed by atoms with E-state index in [0.29, 0.717) is 35.2 Å². The van der Waals surface area contributed by atoms with Gasteiger partial charge in [-0.25, -0.2) is 0 Å². The van der Waals surface area contributed by atoms with Crippen molar-refractivity contribution < 1.29 is 23.8 Å². The Labute approximate surface area is 176 Å². The summed E-state index contributed by atoms with van der Waals surface area (Å²) in [6.45, 7) is 2.91. The molecule has 2 aromatic rings. The van der Waals surface area contributed by atoms with E-state index in [0.717, 1.165) is 6.92 Å². The summed E-state index contributed by atoms with van der Waals surface area (Å²) in [5.74, 6) is -4.33. The minimum absolute atomic E-state index is 0.0274. The van der Waals surface area contributed by atoms with Gasteiger partial charge in [-0.15, -0.1) is 0 Å². The van der Waals surface area contributed by atoms with Crippen LogP contribution in [-0.2, 0) is 23.7 Å². The number of alkyl halides is 2. The molecular formula is C20H18Cl2F2N2O3. The van der Waals surface area contributed by atoms with E-state index < -0.39 is 17.4 Å². The number of allylic oxidation sites excluding steroid dienone is 1. The van der Waals surface area contributed by atoms with Crippen molar-refractivity contribution in [2.24, 2.45) is 0 Å². The first-order valence-corrected chi connectivity index (χ1v) is 9.48. The van der Waals surface area contributed by atoms with Crippen LogP contribution >= 0.6 is 23.2 Å². The molecule has 2 heterocycles. The molecule has 29 heavy (non-hydrogen) atoms. The fourth-order valence-electron chi connectivity index (χ4n) is 3.14. The molecule has 1 aliphatic heterocycles. The molecule has 1 amide bonds. The number of benzene rings is 1. The van der Waals surface area contributed by atoms with E-state index in [4.69, 9.17) is 23.2 Å². The first-order chi connectivity index (χ1) is 13.5. The number of aromatic hydroxyl groups is 2. The van der Waals surface area contributed by atoms with Gasteiger partial charge in [0, 0.05) is 32.3 Å². The zero-order valence-electron chi connectivity index (χ0n) is 15.6. The normalized spacial score (nSPS) is 14.7. The molecule has 0 saturated carbocycles. The Hall–Kier alpha value is -2.38. The molecule has 0 aliphatic carbocycles. The number of halogens is 4. The molecule has 1 aliphatic rings. The third-order valence-electron chi connectivity index (χ3n) is 4.84. The van der Waals surface area contributed by atoms with Gasteiger partial charge in [0.1, 0.15) is 5.69 Å². The van der Waals surface area contributed by atoms with Gasteiger partial charge in [0.15, 0.2) is 11.5 Å². The van der Waals surface area contributed by atoms with Crippen molar-refractivity contribution in [3.8, 4) is 11.5 Å². The molecule has 0 saturated heterocycles. The lowest BCUT2D eigenvalue weighted by Gasteiger charge is -2.30. The van der Waals surface area contributed by atoms with Gasteiger partial charge in [0.25, 0.3) is 5.92 Å². The largest absolute Gasteiger partial charge is 0.503 e. The monoisotopic (exact) mass is 442 g/mol. The molecule has 3 rings (SSSR count). The number of aromatic nitrogens is 1. The second-order valence-electron chi connectivity index (χ2n) is 6.94. The molecule has 0 radical (unpaired) electrons. The van der Waals surface area contributed by atoms with Crippen LogP contribution in [0.25, 0.3) is 5.57 Å². The average molecular weight is 443 g/mol. The molecule has 1 aromatic heterocycles. The molecule has 0 unspecified atom stereocenters. The van der Waals surface area contributed by atoms with Crippen LogP contribution in [0.1, 0.15) is 36.2 Å².